The van der Waals surface area contributed by atoms with Crippen LogP contribution in [0.5, 0.6) is 0 Å². The van der Waals surface area contributed by atoms with Crippen LogP contribution in [0.2, 0.25) is 0 Å². The normalized spacial score (nSPS) is 25.5. The van der Waals surface area contributed by atoms with E-state index in [9.17, 15) is 14.4 Å². The number of likely N-dealkylation sites (tertiary alicyclic amines) is 1. The van der Waals surface area contributed by atoms with Gasteiger partial charge in [-0.25, -0.2) is 4.79 Å². The summed E-state index contributed by atoms with van der Waals surface area (Å²) in [6, 6.07) is -0.904. The Morgan fingerprint density at radius 3 is 2.71 bits per heavy atom. The lowest BCUT2D eigenvalue weighted by molar-refractivity contribution is -0.132. The van der Waals surface area contributed by atoms with E-state index in [1.807, 2.05) is 0 Å². The fourth-order valence-electron chi connectivity index (χ4n) is 2.21. The maximum Gasteiger partial charge on any atom is 0.324 e. The Morgan fingerprint density at radius 1 is 1.29 bits per heavy atom. The zero-order valence-corrected chi connectivity index (χ0v) is 10.1. The van der Waals surface area contributed by atoms with Gasteiger partial charge in [0.05, 0.1) is 0 Å². The van der Waals surface area contributed by atoms with Crippen molar-refractivity contribution in [2.45, 2.75) is 18.9 Å². The van der Waals surface area contributed by atoms with Crippen molar-refractivity contribution in [3.05, 3.63) is 0 Å². The summed E-state index contributed by atoms with van der Waals surface area (Å²) in [6.45, 7) is 1.44. The first-order chi connectivity index (χ1) is 8.13. The van der Waals surface area contributed by atoms with Gasteiger partial charge in [0.25, 0.3) is 0 Å². The van der Waals surface area contributed by atoms with Gasteiger partial charge in [0, 0.05) is 31.9 Å². The highest BCUT2D eigenvalue weighted by molar-refractivity contribution is 6.18. The SMILES string of the molecule is O=C1CCN(C2CCN(CCCl)C2=O)C(=O)N1. The number of halogens is 1. The summed E-state index contributed by atoms with van der Waals surface area (Å²) >= 11 is 5.60. The third-order valence-corrected chi connectivity index (χ3v) is 3.26. The summed E-state index contributed by atoms with van der Waals surface area (Å²) in [4.78, 5) is 37.7. The number of amides is 4. The molecule has 17 heavy (non-hydrogen) atoms. The van der Waals surface area contributed by atoms with Crippen molar-refractivity contribution in [2.75, 3.05) is 25.5 Å². The zero-order valence-electron chi connectivity index (χ0n) is 9.32. The summed E-state index contributed by atoms with van der Waals surface area (Å²) < 4.78 is 0. The van der Waals surface area contributed by atoms with Crippen LogP contribution in [0.25, 0.3) is 0 Å². The number of carbonyl (C=O) groups is 3. The molecule has 2 aliphatic heterocycles. The van der Waals surface area contributed by atoms with Gasteiger partial charge < -0.3 is 9.80 Å². The minimum Gasteiger partial charge on any atom is -0.340 e. The maximum atomic E-state index is 12.0. The van der Waals surface area contributed by atoms with Crippen molar-refractivity contribution in [3.8, 4) is 0 Å². The fraction of sp³-hybridized carbons (Fsp3) is 0.700. The number of nitrogens with zero attached hydrogens (tertiary/aromatic N) is 2. The van der Waals surface area contributed by atoms with E-state index in [4.69, 9.17) is 11.6 Å². The number of nitrogens with one attached hydrogen (secondary N) is 1. The Bertz CT molecular complexity index is 361. The first-order valence-corrected chi connectivity index (χ1v) is 6.12. The molecule has 2 heterocycles. The monoisotopic (exact) mass is 259 g/mol. The van der Waals surface area contributed by atoms with E-state index in [2.05, 4.69) is 5.32 Å². The number of alkyl halides is 1. The zero-order chi connectivity index (χ0) is 12.4. The van der Waals surface area contributed by atoms with Crippen LogP contribution in [0.1, 0.15) is 12.8 Å². The van der Waals surface area contributed by atoms with E-state index >= 15 is 0 Å². The van der Waals surface area contributed by atoms with Gasteiger partial charge in [0.1, 0.15) is 6.04 Å². The molecule has 4 amide bonds. The fourth-order valence-corrected chi connectivity index (χ4v) is 2.41. The smallest absolute Gasteiger partial charge is 0.324 e. The molecule has 2 fully saturated rings. The molecule has 0 aromatic carbocycles. The number of urea groups is 1. The number of hydrogen-bond donors (Lipinski definition) is 1. The lowest BCUT2D eigenvalue weighted by Gasteiger charge is -2.30. The molecule has 2 saturated heterocycles. The molecule has 1 unspecified atom stereocenters. The van der Waals surface area contributed by atoms with Gasteiger partial charge >= 0.3 is 6.03 Å². The predicted molar refractivity (Wildman–Crippen MR) is 60.6 cm³/mol. The van der Waals surface area contributed by atoms with Gasteiger partial charge in [-0.05, 0) is 6.42 Å². The van der Waals surface area contributed by atoms with E-state index in [1.54, 1.807) is 4.90 Å². The molecule has 1 N–H and O–H groups in total. The van der Waals surface area contributed by atoms with Crippen molar-refractivity contribution in [1.29, 1.82) is 0 Å². The Labute approximate surface area is 104 Å². The summed E-state index contributed by atoms with van der Waals surface area (Å²) in [5.74, 6) is 0.0350. The predicted octanol–water partition coefficient (Wildman–Crippen LogP) is -0.232. The van der Waals surface area contributed by atoms with Gasteiger partial charge in [-0.15, -0.1) is 11.6 Å². The average molecular weight is 260 g/mol. The van der Waals surface area contributed by atoms with Gasteiger partial charge in [0.2, 0.25) is 11.8 Å². The van der Waals surface area contributed by atoms with E-state index < -0.39 is 12.1 Å². The molecule has 0 aliphatic carbocycles. The molecule has 0 aromatic heterocycles. The Balaban J connectivity index is 2.01. The molecule has 2 aliphatic rings. The molecule has 1 atom stereocenters. The van der Waals surface area contributed by atoms with Crippen LogP contribution in [0.15, 0.2) is 0 Å². The molecular formula is C10H14ClN3O3. The molecule has 2 rings (SSSR count). The molecule has 7 heteroatoms. The quantitative estimate of drug-likeness (QED) is 0.712. The minimum atomic E-state index is -0.465. The van der Waals surface area contributed by atoms with Crippen LogP contribution in [-0.4, -0.2) is 59.2 Å². The standard InChI is InChI=1S/C10H14ClN3O3/c11-3-6-13-4-1-7(9(13)16)14-5-2-8(15)12-10(14)17/h7H,1-6H2,(H,12,15,17). The summed E-state index contributed by atoms with van der Waals surface area (Å²) in [6.07, 6.45) is 0.863. The summed E-state index contributed by atoms with van der Waals surface area (Å²) in [7, 11) is 0. The van der Waals surface area contributed by atoms with E-state index in [0.717, 1.165) is 0 Å². The summed E-state index contributed by atoms with van der Waals surface area (Å²) in [5, 5.41) is 2.22. The molecule has 0 radical (unpaired) electrons. The third kappa shape index (κ3) is 2.36. The van der Waals surface area contributed by atoms with Crippen molar-refractivity contribution >= 4 is 29.4 Å². The van der Waals surface area contributed by atoms with Crippen molar-refractivity contribution in [2.24, 2.45) is 0 Å². The van der Waals surface area contributed by atoms with Gasteiger partial charge in [-0.2, -0.15) is 0 Å². The highest BCUT2D eigenvalue weighted by atomic mass is 35.5. The van der Waals surface area contributed by atoms with Gasteiger partial charge in [-0.3, -0.25) is 14.9 Å². The second-order valence-corrected chi connectivity index (χ2v) is 4.49. The number of carbonyl (C=O) groups excluding carboxylic acids is 3. The second-order valence-electron chi connectivity index (χ2n) is 4.12. The molecule has 0 spiro atoms. The van der Waals surface area contributed by atoms with Crippen molar-refractivity contribution in [3.63, 3.8) is 0 Å². The van der Waals surface area contributed by atoms with Crippen LogP contribution < -0.4 is 5.32 Å². The van der Waals surface area contributed by atoms with Crippen molar-refractivity contribution < 1.29 is 14.4 Å². The lowest BCUT2D eigenvalue weighted by atomic mass is 10.2. The number of hydrogen-bond acceptors (Lipinski definition) is 3. The highest BCUT2D eigenvalue weighted by Gasteiger charge is 2.39. The van der Waals surface area contributed by atoms with Crippen LogP contribution in [0, 0.1) is 0 Å². The lowest BCUT2D eigenvalue weighted by Crippen LogP contribution is -2.55. The minimum absolute atomic E-state index is 0.0739. The van der Waals surface area contributed by atoms with Crippen LogP contribution in [0.3, 0.4) is 0 Å². The Hall–Kier alpha value is -1.30. The third-order valence-electron chi connectivity index (χ3n) is 3.09. The largest absolute Gasteiger partial charge is 0.340 e. The van der Waals surface area contributed by atoms with E-state index in [0.29, 0.717) is 31.9 Å². The second kappa shape index (κ2) is 4.91. The van der Waals surface area contributed by atoms with Crippen LogP contribution in [-0.2, 0) is 9.59 Å². The van der Waals surface area contributed by atoms with E-state index in [-0.39, 0.29) is 18.2 Å². The Morgan fingerprint density at radius 2 is 2.06 bits per heavy atom. The topological polar surface area (TPSA) is 69.7 Å². The van der Waals surface area contributed by atoms with Crippen molar-refractivity contribution in [1.82, 2.24) is 15.1 Å². The van der Waals surface area contributed by atoms with Gasteiger partial charge in [0.15, 0.2) is 0 Å². The highest BCUT2D eigenvalue weighted by Crippen LogP contribution is 2.19. The molecule has 0 bridgehead atoms. The van der Waals surface area contributed by atoms with E-state index in [1.165, 1.54) is 4.90 Å². The molecule has 0 saturated carbocycles. The first kappa shape index (κ1) is 12.2. The van der Waals surface area contributed by atoms with Crippen LogP contribution >= 0.6 is 11.6 Å². The number of imide groups is 1. The maximum absolute atomic E-state index is 12.0. The first-order valence-electron chi connectivity index (χ1n) is 5.58. The molecular weight excluding hydrogens is 246 g/mol. The molecule has 94 valence electrons. The number of rotatable bonds is 3. The molecule has 6 nitrogen and oxygen atoms in total. The average Bonchev–Trinajstić information content (AvgIpc) is 2.62. The van der Waals surface area contributed by atoms with Gasteiger partial charge in [-0.1, -0.05) is 0 Å². The summed E-state index contributed by atoms with van der Waals surface area (Å²) in [5.41, 5.74) is 0. The van der Waals surface area contributed by atoms with Crippen LogP contribution in [0.4, 0.5) is 4.79 Å². The molecule has 0 aromatic rings. The Kier molecular flexibility index (Phi) is 3.51.